The second-order valence-corrected chi connectivity index (χ2v) is 6.53. The minimum Gasteiger partial charge on any atom is -0.383 e. The molecule has 1 heterocycles. The molecule has 1 aromatic carbocycles. The lowest BCUT2D eigenvalue weighted by Gasteiger charge is -2.06. The number of aromatic nitrogens is 1. The second-order valence-electron chi connectivity index (χ2n) is 4.57. The molecule has 0 aliphatic carbocycles. The highest BCUT2D eigenvalue weighted by Gasteiger charge is 1.99. The van der Waals surface area contributed by atoms with E-state index in [0.717, 1.165) is 35.6 Å². The smallest absolute Gasteiger partial charge is 0.0587 e. The molecule has 2 aromatic rings. The quantitative estimate of drug-likeness (QED) is 0.567. The number of methoxy groups -OCH3 is 1. The maximum Gasteiger partial charge on any atom is 0.0587 e. The summed E-state index contributed by atoms with van der Waals surface area (Å²) in [7, 11) is 1.72. The molecular formula is C16H19BrN2OS. The van der Waals surface area contributed by atoms with Gasteiger partial charge >= 0.3 is 0 Å². The van der Waals surface area contributed by atoms with Gasteiger partial charge in [-0.05, 0) is 45.8 Å². The predicted molar refractivity (Wildman–Crippen MR) is 91.5 cm³/mol. The Labute approximate surface area is 138 Å². The fourth-order valence-corrected chi connectivity index (χ4v) is 2.81. The highest BCUT2D eigenvalue weighted by molar-refractivity contribution is 9.10. The van der Waals surface area contributed by atoms with Gasteiger partial charge in [0.2, 0.25) is 0 Å². The van der Waals surface area contributed by atoms with Crippen molar-refractivity contribution in [1.82, 2.24) is 10.3 Å². The van der Waals surface area contributed by atoms with Crippen LogP contribution in [0.3, 0.4) is 0 Å². The Balaban J connectivity index is 1.78. The SMILES string of the molecule is COCCNCc1ccc(SCc2ccc(Br)cn2)cc1. The van der Waals surface area contributed by atoms with Crippen molar-refractivity contribution in [3.8, 4) is 0 Å². The lowest BCUT2D eigenvalue weighted by atomic mass is 10.2. The second kappa shape index (κ2) is 9.20. The molecule has 0 unspecified atom stereocenters. The van der Waals surface area contributed by atoms with Crippen molar-refractivity contribution in [3.63, 3.8) is 0 Å². The van der Waals surface area contributed by atoms with Crippen molar-refractivity contribution in [1.29, 1.82) is 0 Å². The molecule has 0 aliphatic heterocycles. The first kappa shape index (κ1) is 16.5. The van der Waals surface area contributed by atoms with Gasteiger partial charge in [-0.3, -0.25) is 4.98 Å². The molecule has 1 N–H and O–H groups in total. The molecule has 112 valence electrons. The lowest BCUT2D eigenvalue weighted by molar-refractivity contribution is 0.199. The van der Waals surface area contributed by atoms with E-state index in [0.29, 0.717) is 0 Å². The summed E-state index contributed by atoms with van der Waals surface area (Å²) in [6, 6.07) is 12.7. The number of nitrogens with zero attached hydrogens (tertiary/aromatic N) is 1. The first-order valence-electron chi connectivity index (χ1n) is 6.80. The summed E-state index contributed by atoms with van der Waals surface area (Å²) in [5, 5.41) is 3.34. The van der Waals surface area contributed by atoms with Gasteiger partial charge in [0.25, 0.3) is 0 Å². The van der Waals surface area contributed by atoms with Crippen LogP contribution < -0.4 is 5.32 Å². The van der Waals surface area contributed by atoms with Crippen molar-refractivity contribution in [2.45, 2.75) is 17.2 Å². The zero-order valence-corrected chi connectivity index (χ0v) is 14.4. The summed E-state index contributed by atoms with van der Waals surface area (Å²) in [6.07, 6.45) is 1.84. The monoisotopic (exact) mass is 366 g/mol. The van der Waals surface area contributed by atoms with Crippen LogP contribution in [0.5, 0.6) is 0 Å². The number of halogens is 1. The van der Waals surface area contributed by atoms with E-state index in [1.165, 1.54) is 10.5 Å². The summed E-state index contributed by atoms with van der Waals surface area (Å²) in [5.41, 5.74) is 2.38. The van der Waals surface area contributed by atoms with Crippen LogP contribution in [0.4, 0.5) is 0 Å². The third-order valence-electron chi connectivity index (χ3n) is 2.91. The van der Waals surface area contributed by atoms with Crippen LogP contribution in [0.25, 0.3) is 0 Å². The third kappa shape index (κ3) is 6.18. The van der Waals surface area contributed by atoms with Crippen LogP contribution in [-0.2, 0) is 17.0 Å². The topological polar surface area (TPSA) is 34.1 Å². The van der Waals surface area contributed by atoms with Gasteiger partial charge < -0.3 is 10.1 Å². The van der Waals surface area contributed by atoms with E-state index in [4.69, 9.17) is 4.74 Å². The minimum atomic E-state index is 0.744. The van der Waals surface area contributed by atoms with E-state index >= 15 is 0 Å². The molecule has 0 atom stereocenters. The Morgan fingerprint density at radius 3 is 2.67 bits per heavy atom. The van der Waals surface area contributed by atoms with Crippen LogP contribution in [0, 0.1) is 0 Å². The number of ether oxygens (including phenoxy) is 1. The zero-order chi connectivity index (χ0) is 14.9. The molecule has 0 saturated heterocycles. The summed E-state index contributed by atoms with van der Waals surface area (Å²) in [6.45, 7) is 2.50. The Bertz CT molecular complexity index is 531. The first-order chi connectivity index (χ1) is 10.3. The van der Waals surface area contributed by atoms with E-state index in [1.54, 1.807) is 18.9 Å². The molecule has 2 rings (SSSR count). The molecule has 0 aliphatic rings. The highest BCUT2D eigenvalue weighted by Crippen LogP contribution is 2.22. The molecule has 21 heavy (non-hydrogen) atoms. The van der Waals surface area contributed by atoms with Crippen molar-refractivity contribution >= 4 is 27.7 Å². The average Bonchev–Trinajstić information content (AvgIpc) is 2.52. The molecule has 3 nitrogen and oxygen atoms in total. The van der Waals surface area contributed by atoms with Crippen molar-refractivity contribution < 1.29 is 4.74 Å². The first-order valence-corrected chi connectivity index (χ1v) is 8.57. The van der Waals surface area contributed by atoms with Crippen LogP contribution in [-0.4, -0.2) is 25.2 Å². The van der Waals surface area contributed by atoms with Gasteiger partial charge in [-0.1, -0.05) is 12.1 Å². The van der Waals surface area contributed by atoms with E-state index in [9.17, 15) is 0 Å². The zero-order valence-electron chi connectivity index (χ0n) is 12.0. The number of hydrogen-bond donors (Lipinski definition) is 1. The Kier molecular flexibility index (Phi) is 7.23. The number of nitrogens with one attached hydrogen (secondary N) is 1. The van der Waals surface area contributed by atoms with E-state index in [-0.39, 0.29) is 0 Å². The Morgan fingerprint density at radius 1 is 1.19 bits per heavy atom. The number of benzene rings is 1. The van der Waals surface area contributed by atoms with Crippen LogP contribution >= 0.6 is 27.7 Å². The molecule has 0 saturated carbocycles. The van der Waals surface area contributed by atoms with Gasteiger partial charge in [-0.25, -0.2) is 0 Å². The van der Waals surface area contributed by atoms with Crippen molar-refractivity contribution in [2.75, 3.05) is 20.3 Å². The molecular weight excluding hydrogens is 348 g/mol. The minimum absolute atomic E-state index is 0.744. The van der Waals surface area contributed by atoms with Crippen LogP contribution in [0.1, 0.15) is 11.3 Å². The van der Waals surface area contributed by atoms with E-state index in [1.807, 2.05) is 18.3 Å². The van der Waals surface area contributed by atoms with Gasteiger partial charge in [0.05, 0.1) is 12.3 Å². The molecule has 5 heteroatoms. The Hall–Kier alpha value is -0.880. The van der Waals surface area contributed by atoms with Crippen molar-refractivity contribution in [2.24, 2.45) is 0 Å². The Morgan fingerprint density at radius 2 is 2.00 bits per heavy atom. The van der Waals surface area contributed by atoms with E-state index in [2.05, 4.69) is 50.5 Å². The summed E-state index contributed by atoms with van der Waals surface area (Å²) >= 11 is 5.20. The van der Waals surface area contributed by atoms with Crippen molar-refractivity contribution in [3.05, 3.63) is 58.3 Å². The number of hydrogen-bond acceptors (Lipinski definition) is 4. The van der Waals surface area contributed by atoms with E-state index < -0.39 is 0 Å². The maximum atomic E-state index is 5.01. The molecule has 1 aromatic heterocycles. The molecule has 0 spiro atoms. The van der Waals surface area contributed by atoms with Crippen LogP contribution in [0.2, 0.25) is 0 Å². The largest absolute Gasteiger partial charge is 0.383 e. The normalized spacial score (nSPS) is 10.8. The number of pyridine rings is 1. The number of thioether (sulfide) groups is 1. The van der Waals surface area contributed by atoms with Gasteiger partial charge in [0.1, 0.15) is 0 Å². The van der Waals surface area contributed by atoms with Gasteiger partial charge in [-0.2, -0.15) is 0 Å². The summed E-state index contributed by atoms with van der Waals surface area (Å²) < 4.78 is 6.02. The standard InChI is InChI=1S/C16H19BrN2OS/c1-20-9-8-18-10-13-2-6-16(7-3-13)21-12-15-5-4-14(17)11-19-15/h2-7,11,18H,8-10,12H2,1H3. The summed E-state index contributed by atoms with van der Waals surface area (Å²) in [5.74, 6) is 0.888. The fraction of sp³-hybridized carbons (Fsp3) is 0.312. The molecule has 0 amide bonds. The highest BCUT2D eigenvalue weighted by atomic mass is 79.9. The molecule has 0 bridgehead atoms. The van der Waals surface area contributed by atoms with Crippen LogP contribution in [0.15, 0.2) is 52.0 Å². The summed E-state index contributed by atoms with van der Waals surface area (Å²) in [4.78, 5) is 5.64. The average molecular weight is 367 g/mol. The third-order valence-corrected chi connectivity index (χ3v) is 4.43. The van der Waals surface area contributed by atoms with Gasteiger partial charge in [0, 0.05) is 41.5 Å². The lowest BCUT2D eigenvalue weighted by Crippen LogP contribution is -2.18. The fourth-order valence-electron chi connectivity index (χ4n) is 1.76. The maximum absolute atomic E-state index is 5.01. The molecule has 0 radical (unpaired) electrons. The predicted octanol–water partition coefficient (Wildman–Crippen LogP) is 3.87. The van der Waals surface area contributed by atoms with Gasteiger partial charge in [0.15, 0.2) is 0 Å². The molecule has 0 fully saturated rings. The van der Waals surface area contributed by atoms with Gasteiger partial charge in [-0.15, -0.1) is 11.8 Å². The number of rotatable bonds is 8.